The van der Waals surface area contributed by atoms with Crippen molar-refractivity contribution in [3.8, 4) is 0 Å². The highest BCUT2D eigenvalue weighted by Gasteiger charge is 2.43. The second kappa shape index (κ2) is 5.27. The Morgan fingerprint density at radius 2 is 1.80 bits per heavy atom. The molecule has 1 heterocycles. The van der Waals surface area contributed by atoms with E-state index in [0.29, 0.717) is 0 Å². The summed E-state index contributed by atoms with van der Waals surface area (Å²) < 4.78 is 23.1. The Kier molecular flexibility index (Phi) is 4.55. The molecule has 8 nitrogen and oxygen atoms in total. The summed E-state index contributed by atoms with van der Waals surface area (Å²) in [7, 11) is 0. The van der Waals surface area contributed by atoms with E-state index in [-0.39, 0.29) is 0 Å². The quantitative estimate of drug-likeness (QED) is 0.281. The van der Waals surface area contributed by atoms with Gasteiger partial charge < -0.3 is 20.4 Å². The summed E-state index contributed by atoms with van der Waals surface area (Å²) in [6.45, 7) is -0.511. The summed E-state index contributed by atoms with van der Waals surface area (Å²) in [6, 6.07) is -0.933. The van der Waals surface area contributed by atoms with Gasteiger partial charge in [0.2, 0.25) is 0 Å². The van der Waals surface area contributed by atoms with E-state index in [4.69, 9.17) is 9.66 Å². The van der Waals surface area contributed by atoms with Crippen molar-refractivity contribution in [3.05, 3.63) is 0 Å². The standard InChI is InChI=1S/C6H13NO7S/c8-1-2-3(9)4(10)5(11)6(7-2)14-15(12)13/h2-11H,1H2,(H,12,13)/t2-,3-,4-,5-,6-/m0/s1. The van der Waals surface area contributed by atoms with Crippen LogP contribution in [0.1, 0.15) is 0 Å². The van der Waals surface area contributed by atoms with Crippen LogP contribution in [0.4, 0.5) is 0 Å². The number of nitrogens with one attached hydrogen (secondary N) is 1. The number of piperidine rings is 1. The molecule has 1 fully saturated rings. The third-order valence-electron chi connectivity index (χ3n) is 2.18. The predicted molar refractivity (Wildman–Crippen MR) is 47.7 cm³/mol. The van der Waals surface area contributed by atoms with E-state index in [2.05, 4.69) is 9.50 Å². The Morgan fingerprint density at radius 3 is 2.27 bits per heavy atom. The van der Waals surface area contributed by atoms with E-state index in [1.807, 2.05) is 0 Å². The molecule has 1 aliphatic rings. The van der Waals surface area contributed by atoms with E-state index in [1.54, 1.807) is 0 Å². The molecule has 0 aliphatic carbocycles. The van der Waals surface area contributed by atoms with Crippen LogP contribution in [0.2, 0.25) is 0 Å². The maximum Gasteiger partial charge on any atom is 0.303 e. The molecule has 0 amide bonds. The van der Waals surface area contributed by atoms with E-state index >= 15 is 0 Å². The molecule has 9 heteroatoms. The Labute approximate surface area is 88.0 Å². The maximum absolute atomic E-state index is 10.3. The molecule has 1 saturated heterocycles. The Bertz CT molecular complexity index is 238. The smallest absolute Gasteiger partial charge is 0.303 e. The average molecular weight is 243 g/mol. The highest BCUT2D eigenvalue weighted by Crippen LogP contribution is 2.16. The van der Waals surface area contributed by atoms with Gasteiger partial charge in [-0.05, 0) is 0 Å². The van der Waals surface area contributed by atoms with Gasteiger partial charge in [-0.1, -0.05) is 0 Å². The Hall–Kier alpha value is -0.130. The Morgan fingerprint density at radius 1 is 1.20 bits per heavy atom. The van der Waals surface area contributed by atoms with E-state index in [0.717, 1.165) is 0 Å². The molecule has 0 saturated carbocycles. The fourth-order valence-electron chi connectivity index (χ4n) is 1.36. The number of hydrogen-bond acceptors (Lipinski definition) is 7. The highest BCUT2D eigenvalue weighted by atomic mass is 32.2. The molecule has 6 atom stereocenters. The first-order valence-electron chi connectivity index (χ1n) is 4.16. The van der Waals surface area contributed by atoms with Crippen molar-refractivity contribution in [1.29, 1.82) is 0 Å². The molecular formula is C6H13NO7S. The molecule has 0 aromatic heterocycles. The van der Waals surface area contributed by atoms with Gasteiger partial charge in [-0.2, -0.15) is 4.21 Å². The number of aliphatic hydroxyl groups is 4. The summed E-state index contributed by atoms with van der Waals surface area (Å²) in [6.07, 6.45) is -5.82. The summed E-state index contributed by atoms with van der Waals surface area (Å²) >= 11 is -2.62. The lowest BCUT2D eigenvalue weighted by atomic mass is 9.95. The summed E-state index contributed by atoms with van der Waals surface area (Å²) in [5, 5.41) is 39.2. The van der Waals surface area contributed by atoms with Gasteiger partial charge in [0, 0.05) is 0 Å². The van der Waals surface area contributed by atoms with Crippen LogP contribution in [-0.4, -0.2) is 66.4 Å². The van der Waals surface area contributed by atoms with Crippen LogP contribution in [0.3, 0.4) is 0 Å². The first-order chi connectivity index (χ1) is 6.97. The van der Waals surface area contributed by atoms with Gasteiger partial charge in [0.25, 0.3) is 0 Å². The van der Waals surface area contributed by atoms with Crippen LogP contribution in [0.15, 0.2) is 0 Å². The monoisotopic (exact) mass is 243 g/mol. The third-order valence-corrected chi connectivity index (χ3v) is 2.56. The van der Waals surface area contributed by atoms with Gasteiger partial charge >= 0.3 is 11.4 Å². The second-order valence-corrected chi connectivity index (χ2v) is 3.79. The van der Waals surface area contributed by atoms with E-state index < -0.39 is 48.5 Å². The van der Waals surface area contributed by atoms with Crippen molar-refractivity contribution in [1.82, 2.24) is 5.32 Å². The summed E-state index contributed by atoms with van der Waals surface area (Å²) in [5.41, 5.74) is 0. The van der Waals surface area contributed by atoms with E-state index in [9.17, 15) is 19.5 Å². The van der Waals surface area contributed by atoms with Crippen LogP contribution < -0.4 is 5.32 Å². The lowest BCUT2D eigenvalue weighted by Crippen LogP contribution is -2.66. The fourth-order valence-corrected chi connectivity index (χ4v) is 1.71. The zero-order valence-electron chi connectivity index (χ0n) is 7.55. The molecule has 15 heavy (non-hydrogen) atoms. The molecule has 6 N–H and O–H groups in total. The van der Waals surface area contributed by atoms with Gasteiger partial charge in [0.15, 0.2) is 6.23 Å². The van der Waals surface area contributed by atoms with Crippen molar-refractivity contribution in [3.63, 3.8) is 0 Å². The number of rotatable bonds is 3. The molecule has 0 aromatic rings. The Balaban J connectivity index is 2.69. The highest BCUT2D eigenvalue weighted by molar-refractivity contribution is 7.74. The zero-order valence-corrected chi connectivity index (χ0v) is 8.37. The van der Waals surface area contributed by atoms with Crippen molar-refractivity contribution in [2.45, 2.75) is 30.6 Å². The molecule has 1 rings (SSSR count). The molecule has 0 aromatic carbocycles. The van der Waals surface area contributed by atoms with Crippen molar-refractivity contribution >= 4 is 11.4 Å². The maximum atomic E-state index is 10.3. The SMILES string of the molecule is O=S(O)O[C@@H]1N[C@@H](CO)[C@H](O)[C@H](O)[C@@H]1O. The predicted octanol–water partition coefficient (Wildman–Crippen LogP) is -3.49. The molecule has 1 aliphatic heterocycles. The van der Waals surface area contributed by atoms with Gasteiger partial charge in [0.05, 0.1) is 12.6 Å². The lowest BCUT2D eigenvalue weighted by molar-refractivity contribution is -0.153. The molecule has 0 spiro atoms. The molecule has 0 bridgehead atoms. The first-order valence-corrected chi connectivity index (χ1v) is 5.19. The van der Waals surface area contributed by atoms with E-state index in [1.165, 1.54) is 0 Å². The fraction of sp³-hybridized carbons (Fsp3) is 1.00. The van der Waals surface area contributed by atoms with Gasteiger partial charge in [-0.25, -0.2) is 4.18 Å². The van der Waals surface area contributed by atoms with Crippen LogP contribution >= 0.6 is 0 Å². The van der Waals surface area contributed by atoms with Crippen molar-refractivity contribution < 1.29 is 33.4 Å². The van der Waals surface area contributed by atoms with Crippen LogP contribution in [0.25, 0.3) is 0 Å². The number of hydrogen-bond donors (Lipinski definition) is 6. The van der Waals surface area contributed by atoms with Crippen LogP contribution in [-0.2, 0) is 15.5 Å². The zero-order chi connectivity index (χ0) is 11.6. The van der Waals surface area contributed by atoms with Gasteiger partial charge in [-0.3, -0.25) is 9.87 Å². The topological polar surface area (TPSA) is 139 Å². The third kappa shape index (κ3) is 2.92. The normalized spacial score (nSPS) is 43.9. The minimum absolute atomic E-state index is 0.511. The summed E-state index contributed by atoms with van der Waals surface area (Å²) in [5.74, 6) is 0. The minimum Gasteiger partial charge on any atom is -0.395 e. The lowest BCUT2D eigenvalue weighted by Gasteiger charge is -2.39. The van der Waals surface area contributed by atoms with Gasteiger partial charge in [0.1, 0.15) is 18.3 Å². The largest absolute Gasteiger partial charge is 0.395 e. The van der Waals surface area contributed by atoms with Crippen molar-refractivity contribution in [2.24, 2.45) is 0 Å². The molecule has 90 valence electrons. The number of aliphatic hydroxyl groups excluding tert-OH is 4. The van der Waals surface area contributed by atoms with Gasteiger partial charge in [-0.15, -0.1) is 0 Å². The average Bonchev–Trinajstić information content (AvgIpc) is 2.18. The molecular weight excluding hydrogens is 230 g/mol. The van der Waals surface area contributed by atoms with Crippen molar-refractivity contribution in [2.75, 3.05) is 6.61 Å². The summed E-state index contributed by atoms with van der Waals surface area (Å²) in [4.78, 5) is 0. The first kappa shape index (κ1) is 12.9. The minimum atomic E-state index is -2.62. The van der Waals surface area contributed by atoms with Crippen LogP contribution in [0.5, 0.6) is 0 Å². The molecule has 1 unspecified atom stereocenters. The second-order valence-electron chi connectivity index (χ2n) is 3.16. The van der Waals surface area contributed by atoms with Crippen LogP contribution in [0, 0.1) is 0 Å². The molecule has 0 radical (unpaired) electrons.